The van der Waals surface area contributed by atoms with E-state index >= 15 is 0 Å². The van der Waals surface area contributed by atoms with Gasteiger partial charge in [-0.2, -0.15) is 13.2 Å². The first-order chi connectivity index (χ1) is 9.77. The third kappa shape index (κ3) is 4.18. The summed E-state index contributed by atoms with van der Waals surface area (Å²) < 4.78 is 63.4. The van der Waals surface area contributed by atoms with Crippen LogP contribution < -0.4 is 4.72 Å². The molecule has 0 spiro atoms. The van der Waals surface area contributed by atoms with Crippen molar-refractivity contribution in [2.75, 3.05) is 6.54 Å². The van der Waals surface area contributed by atoms with Crippen LogP contribution >= 0.6 is 0 Å². The normalized spacial score (nSPS) is 15.4. The van der Waals surface area contributed by atoms with Crippen molar-refractivity contribution >= 4 is 16.0 Å². The quantitative estimate of drug-likeness (QED) is 0.745. The molecule has 0 radical (unpaired) electrons. The zero-order chi connectivity index (χ0) is 17.3. The maximum Gasteiger partial charge on any atom is 0.416 e. The summed E-state index contributed by atoms with van der Waals surface area (Å²) in [6, 6.07) is 2.05. The van der Waals surface area contributed by atoms with Gasteiger partial charge in [-0.1, -0.05) is 0 Å². The van der Waals surface area contributed by atoms with Crippen LogP contribution in [0.25, 0.3) is 0 Å². The molecule has 1 rings (SSSR count). The first kappa shape index (κ1) is 18.4. The Kier molecular flexibility index (Phi) is 4.90. The number of hydrogen-bond acceptors (Lipinski definition) is 4. The number of alkyl halides is 3. The number of hydrogen-bond donors (Lipinski definition) is 3. The molecular formula is C12H14F3NO5S. The van der Waals surface area contributed by atoms with Crippen LogP contribution in [0.2, 0.25) is 0 Å². The summed E-state index contributed by atoms with van der Waals surface area (Å²) in [4.78, 5) is 10.3. The van der Waals surface area contributed by atoms with E-state index in [1.54, 1.807) is 0 Å². The second-order valence-electron chi connectivity index (χ2n) is 4.88. The molecule has 1 aromatic rings. The number of rotatable bonds is 5. The summed E-state index contributed by atoms with van der Waals surface area (Å²) in [5.41, 5.74) is -3.49. The molecule has 22 heavy (non-hydrogen) atoms. The van der Waals surface area contributed by atoms with Gasteiger partial charge in [-0.25, -0.2) is 17.9 Å². The molecule has 1 unspecified atom stereocenters. The van der Waals surface area contributed by atoms with E-state index in [0.29, 0.717) is 12.1 Å². The lowest BCUT2D eigenvalue weighted by atomic mass is 10.1. The van der Waals surface area contributed by atoms with E-state index in [2.05, 4.69) is 0 Å². The lowest BCUT2D eigenvalue weighted by Crippen LogP contribution is -2.46. The molecule has 0 aliphatic heterocycles. The van der Waals surface area contributed by atoms with Crippen LogP contribution in [0.15, 0.2) is 23.1 Å². The standard InChI is InChI=1S/C12H14F3NO5S/c1-7-5-8(12(13,14)15)3-4-9(7)22(20,21)16-6-11(2,19)10(17)18/h3-5,16,19H,6H2,1-2H3,(H,17,18). The van der Waals surface area contributed by atoms with Crippen LogP contribution in [0.3, 0.4) is 0 Å². The molecule has 0 aliphatic carbocycles. The summed E-state index contributed by atoms with van der Waals surface area (Å²) in [7, 11) is -4.26. The van der Waals surface area contributed by atoms with Gasteiger partial charge < -0.3 is 10.2 Å². The van der Waals surface area contributed by atoms with E-state index in [4.69, 9.17) is 5.11 Å². The zero-order valence-electron chi connectivity index (χ0n) is 11.6. The van der Waals surface area contributed by atoms with Crippen LogP contribution in [0, 0.1) is 6.92 Å². The summed E-state index contributed by atoms with van der Waals surface area (Å²) in [6.45, 7) is 1.24. The van der Waals surface area contributed by atoms with Crippen LogP contribution in [0.5, 0.6) is 0 Å². The Labute approximate surface area is 124 Å². The fourth-order valence-corrected chi connectivity index (χ4v) is 2.87. The van der Waals surface area contributed by atoms with Gasteiger partial charge in [0.15, 0.2) is 5.60 Å². The van der Waals surface area contributed by atoms with Gasteiger partial charge in [0.2, 0.25) is 10.0 Å². The van der Waals surface area contributed by atoms with E-state index < -0.39 is 44.8 Å². The van der Waals surface area contributed by atoms with Crippen LogP contribution in [-0.4, -0.2) is 36.7 Å². The predicted octanol–water partition coefficient (Wildman–Crippen LogP) is 1.13. The van der Waals surface area contributed by atoms with E-state index in [-0.39, 0.29) is 5.56 Å². The highest BCUT2D eigenvalue weighted by Gasteiger charge is 2.34. The number of halogens is 3. The highest BCUT2D eigenvalue weighted by molar-refractivity contribution is 7.89. The Morgan fingerprint density at radius 2 is 1.86 bits per heavy atom. The Morgan fingerprint density at radius 3 is 2.27 bits per heavy atom. The Bertz CT molecular complexity index is 682. The van der Waals surface area contributed by atoms with Crippen LogP contribution in [0.1, 0.15) is 18.1 Å². The largest absolute Gasteiger partial charge is 0.479 e. The number of aliphatic hydroxyl groups is 1. The molecule has 10 heteroatoms. The molecule has 0 fully saturated rings. The summed E-state index contributed by atoms with van der Waals surface area (Å²) in [5.74, 6) is -1.64. The number of carboxylic acids is 1. The third-order valence-corrected chi connectivity index (χ3v) is 4.42. The third-order valence-electron chi connectivity index (χ3n) is 2.86. The molecule has 0 aromatic heterocycles. The van der Waals surface area contributed by atoms with Gasteiger partial charge in [-0.3, -0.25) is 0 Å². The molecule has 124 valence electrons. The molecular weight excluding hydrogens is 327 g/mol. The lowest BCUT2D eigenvalue weighted by molar-refractivity contribution is -0.155. The van der Waals surface area contributed by atoms with Crippen molar-refractivity contribution in [1.82, 2.24) is 4.72 Å². The van der Waals surface area contributed by atoms with Gasteiger partial charge in [0.1, 0.15) is 0 Å². The van der Waals surface area contributed by atoms with E-state index in [0.717, 1.165) is 13.0 Å². The van der Waals surface area contributed by atoms with Gasteiger partial charge in [0.25, 0.3) is 0 Å². The summed E-state index contributed by atoms with van der Waals surface area (Å²) in [6.07, 6.45) is -4.60. The number of carbonyl (C=O) groups is 1. The Balaban J connectivity index is 3.07. The van der Waals surface area contributed by atoms with Crippen molar-refractivity contribution in [3.63, 3.8) is 0 Å². The van der Waals surface area contributed by atoms with Crippen molar-refractivity contribution in [3.8, 4) is 0 Å². The minimum atomic E-state index is -4.60. The van der Waals surface area contributed by atoms with E-state index in [1.807, 2.05) is 4.72 Å². The predicted molar refractivity (Wildman–Crippen MR) is 69.6 cm³/mol. The fraction of sp³-hybridized carbons (Fsp3) is 0.417. The number of benzene rings is 1. The molecule has 0 amide bonds. The highest BCUT2D eigenvalue weighted by Crippen LogP contribution is 2.31. The van der Waals surface area contributed by atoms with Crippen molar-refractivity contribution in [3.05, 3.63) is 29.3 Å². The molecule has 0 heterocycles. The molecule has 1 atom stereocenters. The van der Waals surface area contributed by atoms with Crippen LogP contribution in [-0.2, 0) is 21.0 Å². The molecule has 0 saturated carbocycles. The number of sulfonamides is 1. The molecule has 1 aromatic carbocycles. The summed E-state index contributed by atoms with van der Waals surface area (Å²) >= 11 is 0. The first-order valence-corrected chi connectivity index (χ1v) is 7.39. The van der Waals surface area contributed by atoms with Crippen molar-refractivity contribution in [2.24, 2.45) is 0 Å². The second kappa shape index (κ2) is 5.86. The molecule has 0 aliphatic rings. The molecule has 0 bridgehead atoms. The molecule has 3 N–H and O–H groups in total. The SMILES string of the molecule is Cc1cc(C(F)(F)F)ccc1S(=O)(=O)NCC(C)(O)C(=O)O. The average Bonchev–Trinajstić information content (AvgIpc) is 2.35. The van der Waals surface area contributed by atoms with E-state index in [1.165, 1.54) is 6.92 Å². The Hall–Kier alpha value is -1.65. The smallest absolute Gasteiger partial charge is 0.416 e. The highest BCUT2D eigenvalue weighted by atomic mass is 32.2. The van der Waals surface area contributed by atoms with Crippen molar-refractivity contribution < 1.29 is 36.6 Å². The van der Waals surface area contributed by atoms with Gasteiger partial charge in [0.05, 0.1) is 17.0 Å². The molecule has 0 saturated heterocycles. The minimum absolute atomic E-state index is 0.155. The second-order valence-corrected chi connectivity index (χ2v) is 6.62. The zero-order valence-corrected chi connectivity index (χ0v) is 12.4. The number of aliphatic carboxylic acids is 1. The monoisotopic (exact) mass is 341 g/mol. The average molecular weight is 341 g/mol. The lowest BCUT2D eigenvalue weighted by Gasteiger charge is -2.19. The van der Waals surface area contributed by atoms with E-state index in [9.17, 15) is 31.5 Å². The van der Waals surface area contributed by atoms with Gasteiger partial charge in [0, 0.05) is 0 Å². The summed E-state index contributed by atoms with van der Waals surface area (Å²) in [5, 5.41) is 18.1. The van der Waals surface area contributed by atoms with Crippen molar-refractivity contribution in [2.45, 2.75) is 30.5 Å². The number of nitrogens with one attached hydrogen (secondary N) is 1. The number of aryl methyl sites for hydroxylation is 1. The van der Waals surface area contributed by atoms with Gasteiger partial charge in [-0.05, 0) is 37.6 Å². The van der Waals surface area contributed by atoms with Crippen molar-refractivity contribution in [1.29, 1.82) is 0 Å². The topological polar surface area (TPSA) is 104 Å². The fourth-order valence-electron chi connectivity index (χ4n) is 1.52. The maximum atomic E-state index is 12.5. The van der Waals surface area contributed by atoms with Gasteiger partial charge >= 0.3 is 12.1 Å². The maximum absolute atomic E-state index is 12.5. The molecule has 6 nitrogen and oxygen atoms in total. The number of carboxylic acid groups (broad SMARTS) is 1. The Morgan fingerprint density at radius 1 is 1.32 bits per heavy atom. The van der Waals surface area contributed by atoms with Crippen LogP contribution in [0.4, 0.5) is 13.2 Å². The van der Waals surface area contributed by atoms with Gasteiger partial charge in [-0.15, -0.1) is 0 Å². The first-order valence-electron chi connectivity index (χ1n) is 5.91. The minimum Gasteiger partial charge on any atom is -0.479 e.